The van der Waals surface area contributed by atoms with Crippen LogP contribution in [0.25, 0.3) is 0 Å². The van der Waals surface area contributed by atoms with Crippen molar-refractivity contribution >= 4 is 21.6 Å². The Kier molecular flexibility index (Phi) is 5.55. The van der Waals surface area contributed by atoms with Crippen LogP contribution in [0.4, 0.5) is 10.5 Å². The molecule has 7 nitrogen and oxygen atoms in total. The summed E-state index contributed by atoms with van der Waals surface area (Å²) in [5.41, 5.74) is 0.519. The van der Waals surface area contributed by atoms with E-state index in [4.69, 9.17) is 9.47 Å². The average molecular weight is 390 g/mol. The lowest BCUT2D eigenvalue weighted by atomic mass is 10.3. The van der Waals surface area contributed by atoms with Crippen molar-refractivity contribution in [1.82, 2.24) is 4.90 Å². The smallest absolute Gasteiger partial charge is 0.321 e. The van der Waals surface area contributed by atoms with E-state index in [2.05, 4.69) is 5.32 Å². The zero-order valence-corrected chi connectivity index (χ0v) is 16.0. The minimum Gasteiger partial charge on any atom is -0.497 e. The number of rotatable bonds is 5. The molecule has 1 fully saturated rings. The van der Waals surface area contributed by atoms with Gasteiger partial charge in [-0.3, -0.25) is 0 Å². The van der Waals surface area contributed by atoms with Crippen LogP contribution in [0.1, 0.15) is 6.42 Å². The van der Waals surface area contributed by atoms with Crippen LogP contribution < -0.4 is 14.8 Å². The molecule has 0 aliphatic carbocycles. The Labute approximate surface area is 158 Å². The van der Waals surface area contributed by atoms with E-state index in [1.807, 2.05) is 0 Å². The molecule has 0 aromatic heterocycles. The van der Waals surface area contributed by atoms with Gasteiger partial charge in [0.25, 0.3) is 0 Å². The molecule has 0 saturated carbocycles. The first-order chi connectivity index (χ1) is 12.9. The van der Waals surface area contributed by atoms with Crippen LogP contribution in [-0.4, -0.2) is 51.9 Å². The van der Waals surface area contributed by atoms with Gasteiger partial charge in [0.05, 0.1) is 24.4 Å². The first-order valence-corrected chi connectivity index (χ1v) is 10.1. The van der Waals surface area contributed by atoms with Crippen molar-refractivity contribution in [3.8, 4) is 11.5 Å². The lowest BCUT2D eigenvalue weighted by Crippen LogP contribution is -2.35. The standard InChI is InChI=1S/C19H22N2O5S/c1-25-15-10-14(11-16(12-15)26-2)20-19(22)21-9-8-18(13-21)27(23,24)17-6-4-3-5-7-17/h3-7,10-12,18H,8-9,13H2,1-2H3,(H,20,22). The fourth-order valence-electron chi connectivity index (χ4n) is 3.05. The summed E-state index contributed by atoms with van der Waals surface area (Å²) in [6, 6.07) is 13.0. The molecule has 2 amide bonds. The number of carbonyl (C=O) groups is 1. The highest BCUT2D eigenvalue weighted by Gasteiger charge is 2.36. The van der Waals surface area contributed by atoms with Crippen molar-refractivity contribution in [2.45, 2.75) is 16.6 Å². The first-order valence-electron chi connectivity index (χ1n) is 8.52. The molecule has 1 aliphatic rings. The number of carbonyl (C=O) groups excluding carboxylic acids is 1. The number of hydrogen-bond acceptors (Lipinski definition) is 5. The van der Waals surface area contributed by atoms with Gasteiger partial charge < -0.3 is 19.7 Å². The van der Waals surface area contributed by atoms with Gasteiger partial charge in [0, 0.05) is 37.0 Å². The van der Waals surface area contributed by atoms with Crippen LogP contribution in [0.15, 0.2) is 53.4 Å². The minimum absolute atomic E-state index is 0.157. The number of nitrogens with zero attached hydrogens (tertiary/aromatic N) is 1. The number of ether oxygens (including phenoxy) is 2. The van der Waals surface area contributed by atoms with E-state index >= 15 is 0 Å². The van der Waals surface area contributed by atoms with E-state index in [1.54, 1.807) is 48.5 Å². The van der Waals surface area contributed by atoms with Crippen molar-refractivity contribution < 1.29 is 22.7 Å². The topological polar surface area (TPSA) is 84.9 Å². The number of amides is 2. The predicted molar refractivity (Wildman–Crippen MR) is 102 cm³/mol. The Hall–Kier alpha value is -2.74. The fourth-order valence-corrected chi connectivity index (χ4v) is 4.76. The average Bonchev–Trinajstić information content (AvgIpc) is 3.19. The van der Waals surface area contributed by atoms with Gasteiger partial charge in [-0.25, -0.2) is 13.2 Å². The number of hydrogen-bond donors (Lipinski definition) is 1. The number of anilines is 1. The van der Waals surface area contributed by atoms with Crippen molar-refractivity contribution in [2.24, 2.45) is 0 Å². The number of sulfone groups is 1. The van der Waals surface area contributed by atoms with Crippen molar-refractivity contribution in [1.29, 1.82) is 0 Å². The molecule has 1 heterocycles. The van der Waals surface area contributed by atoms with E-state index in [0.29, 0.717) is 30.2 Å². The molecule has 144 valence electrons. The van der Waals surface area contributed by atoms with Gasteiger partial charge >= 0.3 is 6.03 Å². The van der Waals surface area contributed by atoms with Crippen LogP contribution >= 0.6 is 0 Å². The maximum absolute atomic E-state index is 12.7. The molecule has 0 bridgehead atoms. The molecule has 3 rings (SSSR count). The molecule has 2 aromatic rings. The first kappa shape index (κ1) is 19.0. The molecule has 1 N–H and O–H groups in total. The summed E-state index contributed by atoms with van der Waals surface area (Å²) >= 11 is 0. The van der Waals surface area contributed by atoms with Gasteiger partial charge in [-0.2, -0.15) is 0 Å². The molecule has 2 aromatic carbocycles. The molecular weight excluding hydrogens is 368 g/mol. The number of methoxy groups -OCH3 is 2. The SMILES string of the molecule is COc1cc(NC(=O)N2CCC(S(=O)(=O)c3ccccc3)C2)cc(OC)c1. The Morgan fingerprint density at radius 1 is 1.07 bits per heavy atom. The van der Waals surface area contributed by atoms with Gasteiger partial charge in [-0.1, -0.05) is 18.2 Å². The zero-order chi connectivity index (χ0) is 19.4. The third kappa shape index (κ3) is 4.16. The lowest BCUT2D eigenvalue weighted by Gasteiger charge is -2.18. The highest BCUT2D eigenvalue weighted by Crippen LogP contribution is 2.27. The molecule has 1 aliphatic heterocycles. The second kappa shape index (κ2) is 7.87. The third-order valence-corrected chi connectivity index (χ3v) is 6.74. The van der Waals surface area contributed by atoms with Crippen LogP contribution in [0.2, 0.25) is 0 Å². The molecule has 0 radical (unpaired) electrons. The van der Waals surface area contributed by atoms with Crippen molar-refractivity contribution in [3.05, 3.63) is 48.5 Å². The maximum Gasteiger partial charge on any atom is 0.321 e. The Morgan fingerprint density at radius 3 is 2.30 bits per heavy atom. The zero-order valence-electron chi connectivity index (χ0n) is 15.2. The van der Waals surface area contributed by atoms with E-state index in [-0.39, 0.29) is 17.5 Å². The summed E-state index contributed by atoms with van der Waals surface area (Å²) in [6.45, 7) is 0.536. The summed E-state index contributed by atoms with van der Waals surface area (Å²) in [6.07, 6.45) is 0.409. The summed E-state index contributed by atoms with van der Waals surface area (Å²) in [5, 5.41) is 2.17. The third-order valence-electron chi connectivity index (χ3n) is 4.55. The predicted octanol–water partition coefficient (Wildman–Crippen LogP) is 2.78. The summed E-state index contributed by atoms with van der Waals surface area (Å²) < 4.78 is 35.9. The van der Waals surface area contributed by atoms with Gasteiger partial charge in [-0.05, 0) is 18.6 Å². The van der Waals surface area contributed by atoms with Crippen molar-refractivity contribution in [3.63, 3.8) is 0 Å². The molecule has 1 unspecified atom stereocenters. The second-order valence-corrected chi connectivity index (χ2v) is 8.47. The Bertz CT molecular complexity index is 893. The van der Waals surface area contributed by atoms with Crippen molar-refractivity contribution in [2.75, 3.05) is 32.6 Å². The van der Waals surface area contributed by atoms with Crippen LogP contribution in [-0.2, 0) is 9.84 Å². The largest absolute Gasteiger partial charge is 0.497 e. The summed E-state index contributed by atoms with van der Waals surface area (Å²) in [5.74, 6) is 1.10. The number of likely N-dealkylation sites (tertiary alicyclic amines) is 1. The lowest BCUT2D eigenvalue weighted by molar-refractivity contribution is 0.222. The highest BCUT2D eigenvalue weighted by atomic mass is 32.2. The quantitative estimate of drug-likeness (QED) is 0.849. The molecule has 8 heteroatoms. The maximum atomic E-state index is 12.7. The van der Waals surface area contributed by atoms with E-state index < -0.39 is 15.1 Å². The second-order valence-electron chi connectivity index (χ2n) is 6.25. The van der Waals surface area contributed by atoms with Gasteiger partial charge in [0.1, 0.15) is 11.5 Å². The molecule has 1 atom stereocenters. The van der Waals surface area contributed by atoms with E-state index in [0.717, 1.165) is 0 Å². The Balaban J connectivity index is 1.69. The van der Waals surface area contributed by atoms with E-state index in [1.165, 1.54) is 19.1 Å². The normalized spacial score (nSPS) is 16.8. The van der Waals surface area contributed by atoms with Gasteiger partial charge in [0.15, 0.2) is 9.84 Å². The van der Waals surface area contributed by atoms with E-state index in [9.17, 15) is 13.2 Å². The van der Waals surface area contributed by atoms with Crippen LogP contribution in [0, 0.1) is 0 Å². The van der Waals surface area contributed by atoms with Gasteiger partial charge in [-0.15, -0.1) is 0 Å². The Morgan fingerprint density at radius 2 is 1.70 bits per heavy atom. The minimum atomic E-state index is -3.46. The molecular formula is C19H22N2O5S. The number of urea groups is 1. The number of benzene rings is 2. The van der Waals surface area contributed by atoms with Crippen LogP contribution in [0.3, 0.4) is 0 Å². The molecule has 1 saturated heterocycles. The highest BCUT2D eigenvalue weighted by molar-refractivity contribution is 7.92. The summed E-state index contributed by atoms with van der Waals surface area (Å²) in [7, 11) is -0.406. The monoisotopic (exact) mass is 390 g/mol. The summed E-state index contributed by atoms with van der Waals surface area (Å²) in [4.78, 5) is 14.4. The fraction of sp³-hybridized carbons (Fsp3) is 0.316. The molecule has 27 heavy (non-hydrogen) atoms. The number of nitrogens with one attached hydrogen (secondary N) is 1. The molecule has 0 spiro atoms. The van der Waals surface area contributed by atoms with Gasteiger partial charge in [0.2, 0.25) is 0 Å². The van der Waals surface area contributed by atoms with Crippen LogP contribution in [0.5, 0.6) is 11.5 Å².